The maximum absolute atomic E-state index is 11.8. The van der Waals surface area contributed by atoms with Crippen LogP contribution < -0.4 is 5.63 Å². The standard InChI is InChI=1S/C18H17NO2/c19-12-13-5-4-8-15(9-13)16-10-17(21-18(20)11-16)14-6-2-1-3-7-14/h4-5,8-11,14H,1-3,6-7H2. The van der Waals surface area contributed by atoms with Crippen LogP contribution in [0.3, 0.4) is 0 Å². The number of nitriles is 1. The minimum absolute atomic E-state index is 0.310. The lowest BCUT2D eigenvalue weighted by Crippen LogP contribution is -2.08. The quantitative estimate of drug-likeness (QED) is 0.826. The second kappa shape index (κ2) is 5.97. The zero-order valence-corrected chi connectivity index (χ0v) is 11.8. The summed E-state index contributed by atoms with van der Waals surface area (Å²) in [5.41, 5.74) is 2.01. The van der Waals surface area contributed by atoms with Gasteiger partial charge < -0.3 is 4.42 Å². The molecule has 1 aromatic heterocycles. The van der Waals surface area contributed by atoms with Gasteiger partial charge in [-0.25, -0.2) is 4.79 Å². The van der Waals surface area contributed by atoms with Crippen LogP contribution in [0.25, 0.3) is 11.1 Å². The molecule has 0 N–H and O–H groups in total. The lowest BCUT2D eigenvalue weighted by Gasteiger charge is -2.20. The fraction of sp³-hybridized carbons (Fsp3) is 0.333. The Labute approximate surface area is 123 Å². The number of hydrogen-bond acceptors (Lipinski definition) is 3. The third-order valence-corrected chi connectivity index (χ3v) is 4.12. The summed E-state index contributed by atoms with van der Waals surface area (Å²) < 4.78 is 5.41. The van der Waals surface area contributed by atoms with E-state index in [4.69, 9.17) is 9.68 Å². The first kappa shape index (κ1) is 13.6. The van der Waals surface area contributed by atoms with Crippen LogP contribution in [-0.4, -0.2) is 0 Å². The van der Waals surface area contributed by atoms with E-state index in [1.54, 1.807) is 12.1 Å². The van der Waals surface area contributed by atoms with Gasteiger partial charge in [-0.3, -0.25) is 0 Å². The summed E-state index contributed by atoms with van der Waals surface area (Å²) in [5, 5.41) is 8.99. The summed E-state index contributed by atoms with van der Waals surface area (Å²) in [6.07, 6.45) is 5.84. The van der Waals surface area contributed by atoms with E-state index in [2.05, 4.69) is 6.07 Å². The lowest BCUT2D eigenvalue weighted by molar-refractivity contribution is 0.355. The molecule has 106 valence electrons. The van der Waals surface area contributed by atoms with Gasteiger partial charge in [0.25, 0.3) is 0 Å². The van der Waals surface area contributed by atoms with Gasteiger partial charge in [-0.1, -0.05) is 31.4 Å². The van der Waals surface area contributed by atoms with E-state index in [9.17, 15) is 4.79 Å². The fourth-order valence-corrected chi connectivity index (χ4v) is 3.02. The van der Waals surface area contributed by atoms with Crippen molar-refractivity contribution in [2.75, 3.05) is 0 Å². The summed E-state index contributed by atoms with van der Waals surface area (Å²) in [4.78, 5) is 11.8. The van der Waals surface area contributed by atoms with E-state index < -0.39 is 0 Å². The first-order valence-electron chi connectivity index (χ1n) is 7.42. The van der Waals surface area contributed by atoms with Gasteiger partial charge in [0.2, 0.25) is 0 Å². The zero-order chi connectivity index (χ0) is 14.7. The van der Waals surface area contributed by atoms with E-state index in [0.717, 1.165) is 29.7 Å². The minimum atomic E-state index is -0.310. The predicted molar refractivity (Wildman–Crippen MR) is 81.0 cm³/mol. The van der Waals surface area contributed by atoms with Crippen LogP contribution in [0.4, 0.5) is 0 Å². The van der Waals surface area contributed by atoms with Crippen molar-refractivity contribution in [2.24, 2.45) is 0 Å². The van der Waals surface area contributed by atoms with Crippen LogP contribution in [0.5, 0.6) is 0 Å². The van der Waals surface area contributed by atoms with Gasteiger partial charge in [-0.2, -0.15) is 5.26 Å². The van der Waals surface area contributed by atoms with Gasteiger partial charge in [0, 0.05) is 12.0 Å². The van der Waals surface area contributed by atoms with E-state index in [1.807, 2.05) is 18.2 Å². The smallest absolute Gasteiger partial charge is 0.336 e. The number of nitrogens with zero attached hydrogens (tertiary/aromatic N) is 1. The Balaban J connectivity index is 2.01. The lowest BCUT2D eigenvalue weighted by atomic mass is 9.86. The monoisotopic (exact) mass is 279 g/mol. The van der Waals surface area contributed by atoms with Gasteiger partial charge in [-0.05, 0) is 42.2 Å². The summed E-state index contributed by atoms with van der Waals surface area (Å²) in [6, 6.07) is 12.9. The third kappa shape index (κ3) is 3.05. The van der Waals surface area contributed by atoms with Crippen molar-refractivity contribution < 1.29 is 4.42 Å². The van der Waals surface area contributed by atoms with Crippen LogP contribution in [0, 0.1) is 11.3 Å². The van der Waals surface area contributed by atoms with Gasteiger partial charge in [0.15, 0.2) is 0 Å². The molecule has 3 rings (SSSR count). The topological polar surface area (TPSA) is 54.0 Å². The summed E-state index contributed by atoms with van der Waals surface area (Å²) in [7, 11) is 0. The van der Waals surface area contributed by atoms with Crippen molar-refractivity contribution in [2.45, 2.75) is 38.0 Å². The fourth-order valence-electron chi connectivity index (χ4n) is 3.02. The molecule has 1 heterocycles. The van der Waals surface area contributed by atoms with E-state index in [1.165, 1.54) is 25.3 Å². The first-order valence-corrected chi connectivity index (χ1v) is 7.42. The number of rotatable bonds is 2. The molecule has 3 nitrogen and oxygen atoms in total. The molecule has 1 aromatic carbocycles. The van der Waals surface area contributed by atoms with Crippen LogP contribution in [0.15, 0.2) is 45.6 Å². The maximum atomic E-state index is 11.8. The van der Waals surface area contributed by atoms with Crippen molar-refractivity contribution in [3.05, 3.63) is 58.1 Å². The van der Waals surface area contributed by atoms with Crippen molar-refractivity contribution in [1.29, 1.82) is 5.26 Å². The third-order valence-electron chi connectivity index (χ3n) is 4.12. The average Bonchev–Trinajstić information content (AvgIpc) is 2.55. The highest BCUT2D eigenvalue weighted by atomic mass is 16.4. The molecule has 0 bridgehead atoms. The van der Waals surface area contributed by atoms with Crippen molar-refractivity contribution in [1.82, 2.24) is 0 Å². The Hall–Kier alpha value is -2.34. The molecule has 0 amide bonds. The number of hydrogen-bond donors (Lipinski definition) is 0. The molecule has 3 heteroatoms. The Morgan fingerprint density at radius 1 is 1.05 bits per heavy atom. The molecule has 1 aliphatic rings. The van der Waals surface area contributed by atoms with Crippen LogP contribution in [0.2, 0.25) is 0 Å². The molecule has 0 atom stereocenters. The molecule has 0 spiro atoms. The number of benzene rings is 1. The van der Waals surface area contributed by atoms with Crippen molar-refractivity contribution in [3.8, 4) is 17.2 Å². The molecule has 0 saturated heterocycles. The second-order valence-electron chi connectivity index (χ2n) is 5.60. The Bertz CT molecular complexity index is 733. The SMILES string of the molecule is N#Cc1cccc(-c2cc(C3CCCCC3)oc(=O)c2)c1. The maximum Gasteiger partial charge on any atom is 0.336 e. The largest absolute Gasteiger partial charge is 0.428 e. The highest BCUT2D eigenvalue weighted by molar-refractivity contribution is 5.65. The van der Waals surface area contributed by atoms with E-state index >= 15 is 0 Å². The molecule has 0 aliphatic heterocycles. The van der Waals surface area contributed by atoms with Gasteiger partial charge in [0.05, 0.1) is 11.6 Å². The molecule has 1 saturated carbocycles. The van der Waals surface area contributed by atoms with Crippen molar-refractivity contribution >= 4 is 0 Å². The van der Waals surface area contributed by atoms with Crippen LogP contribution >= 0.6 is 0 Å². The zero-order valence-electron chi connectivity index (χ0n) is 11.8. The molecule has 2 aromatic rings. The summed E-state index contributed by atoms with van der Waals surface area (Å²) in [5.74, 6) is 1.14. The molecule has 1 fully saturated rings. The van der Waals surface area contributed by atoms with E-state index in [-0.39, 0.29) is 5.63 Å². The average molecular weight is 279 g/mol. The molecule has 0 unspecified atom stereocenters. The summed E-state index contributed by atoms with van der Waals surface area (Å²) >= 11 is 0. The predicted octanol–water partition coefficient (Wildman–Crippen LogP) is 4.23. The Kier molecular flexibility index (Phi) is 3.87. The minimum Gasteiger partial charge on any atom is -0.428 e. The van der Waals surface area contributed by atoms with Crippen molar-refractivity contribution in [3.63, 3.8) is 0 Å². The van der Waals surface area contributed by atoms with Gasteiger partial charge in [0.1, 0.15) is 5.76 Å². The molecule has 0 radical (unpaired) electrons. The second-order valence-corrected chi connectivity index (χ2v) is 5.60. The normalized spacial score (nSPS) is 15.6. The first-order chi connectivity index (χ1) is 10.3. The van der Waals surface area contributed by atoms with E-state index in [0.29, 0.717) is 11.5 Å². The Morgan fingerprint density at radius 3 is 2.62 bits per heavy atom. The molecule has 1 aliphatic carbocycles. The molecular weight excluding hydrogens is 262 g/mol. The molecular formula is C18H17NO2. The van der Waals surface area contributed by atoms with Gasteiger partial charge in [-0.15, -0.1) is 0 Å². The van der Waals surface area contributed by atoms with Gasteiger partial charge >= 0.3 is 5.63 Å². The molecule has 21 heavy (non-hydrogen) atoms. The Morgan fingerprint density at radius 2 is 1.86 bits per heavy atom. The van der Waals surface area contributed by atoms with Crippen LogP contribution in [0.1, 0.15) is 49.3 Å². The highest BCUT2D eigenvalue weighted by Gasteiger charge is 2.19. The highest BCUT2D eigenvalue weighted by Crippen LogP contribution is 2.33. The van der Waals surface area contributed by atoms with Crippen LogP contribution in [-0.2, 0) is 0 Å². The summed E-state index contributed by atoms with van der Waals surface area (Å²) in [6.45, 7) is 0.